The van der Waals surface area contributed by atoms with Crippen LogP contribution in [-0.4, -0.2) is 28.0 Å². The van der Waals surface area contributed by atoms with Crippen molar-refractivity contribution < 1.29 is 4.39 Å². The third-order valence-corrected chi connectivity index (χ3v) is 2.97. The quantitative estimate of drug-likeness (QED) is 0.924. The Morgan fingerprint density at radius 3 is 2.52 bits per heavy atom. The number of hydrogen-bond acceptors (Lipinski definition) is 6. The highest BCUT2D eigenvalue weighted by Crippen LogP contribution is 2.21. The lowest BCUT2D eigenvalue weighted by molar-refractivity contribution is 0.627. The average molecular weight is 286 g/mol. The maximum atomic E-state index is 13.5. The molecule has 1 heterocycles. The average Bonchev–Trinajstić information content (AvgIpc) is 2.47. The Morgan fingerprint density at radius 1 is 1.19 bits per heavy atom. The topological polar surface area (TPSA) is 91.7 Å². The van der Waals surface area contributed by atoms with Crippen molar-refractivity contribution >= 4 is 11.9 Å². The van der Waals surface area contributed by atoms with Gasteiger partial charge in [-0.15, -0.1) is 0 Å². The highest BCUT2D eigenvalue weighted by Gasteiger charge is 2.12. The number of hydrogen-bond donors (Lipinski definition) is 1. The van der Waals surface area contributed by atoms with Crippen LogP contribution in [-0.2, 0) is 0 Å². The fraction of sp³-hybridized carbons (Fsp3) is 0.286. The second-order valence-electron chi connectivity index (χ2n) is 4.33. The molecule has 0 radical (unpaired) electrons. The summed E-state index contributed by atoms with van der Waals surface area (Å²) in [5.41, 5.74) is 6.30. The molecule has 0 aliphatic carbocycles. The smallest absolute Gasteiger partial charge is 0.230 e. The molecular weight excluding hydrogens is 271 g/mol. The Hall–Kier alpha value is -2.75. The van der Waals surface area contributed by atoms with Gasteiger partial charge in [0.1, 0.15) is 5.82 Å². The van der Waals surface area contributed by atoms with E-state index in [0.717, 1.165) is 6.07 Å². The molecule has 1 aromatic heterocycles. The number of benzene rings is 1. The summed E-state index contributed by atoms with van der Waals surface area (Å²) in [5.74, 6) is 0.225. The van der Waals surface area contributed by atoms with Crippen LogP contribution in [0, 0.1) is 17.1 Å². The zero-order chi connectivity index (χ0) is 15.4. The summed E-state index contributed by atoms with van der Waals surface area (Å²) < 4.78 is 13.5. The first-order chi connectivity index (χ1) is 10.1. The Morgan fingerprint density at radius 2 is 1.90 bits per heavy atom. The van der Waals surface area contributed by atoms with E-state index >= 15 is 0 Å². The molecule has 6 nitrogen and oxygen atoms in total. The van der Waals surface area contributed by atoms with E-state index in [0.29, 0.717) is 24.6 Å². The van der Waals surface area contributed by atoms with Gasteiger partial charge in [0.25, 0.3) is 0 Å². The highest BCUT2D eigenvalue weighted by molar-refractivity contribution is 5.60. The molecule has 0 unspecified atom stereocenters. The number of nitrogen functional groups attached to an aromatic ring is 1. The van der Waals surface area contributed by atoms with E-state index in [1.54, 1.807) is 0 Å². The van der Waals surface area contributed by atoms with Crippen LogP contribution in [0.2, 0.25) is 0 Å². The normalized spacial score (nSPS) is 10.2. The minimum absolute atomic E-state index is 0.0599. The zero-order valence-corrected chi connectivity index (χ0v) is 11.8. The van der Waals surface area contributed by atoms with Crippen molar-refractivity contribution in [1.29, 1.82) is 5.26 Å². The van der Waals surface area contributed by atoms with Crippen molar-refractivity contribution in [3.05, 3.63) is 29.6 Å². The van der Waals surface area contributed by atoms with Gasteiger partial charge in [0.05, 0.1) is 11.6 Å². The summed E-state index contributed by atoms with van der Waals surface area (Å²) in [5, 5.41) is 8.90. The van der Waals surface area contributed by atoms with Gasteiger partial charge >= 0.3 is 0 Å². The molecule has 0 amide bonds. The van der Waals surface area contributed by atoms with Gasteiger partial charge in [-0.2, -0.15) is 20.2 Å². The number of halogens is 1. The fourth-order valence-corrected chi connectivity index (χ4v) is 1.94. The van der Waals surface area contributed by atoms with E-state index in [1.807, 2.05) is 24.8 Å². The van der Waals surface area contributed by atoms with Gasteiger partial charge in [-0.05, 0) is 32.0 Å². The predicted octanol–water partition coefficient (Wildman–Crippen LogP) is 1.98. The molecule has 21 heavy (non-hydrogen) atoms. The van der Waals surface area contributed by atoms with Gasteiger partial charge in [0.2, 0.25) is 11.9 Å². The first-order valence-corrected chi connectivity index (χ1v) is 6.55. The molecule has 108 valence electrons. The Balaban J connectivity index is 2.54. The van der Waals surface area contributed by atoms with Gasteiger partial charge < -0.3 is 10.6 Å². The van der Waals surface area contributed by atoms with Crippen LogP contribution in [0.15, 0.2) is 18.2 Å². The molecule has 2 N–H and O–H groups in total. The molecule has 7 heteroatoms. The first kappa shape index (κ1) is 14.7. The Kier molecular flexibility index (Phi) is 4.28. The number of nitrogens with zero attached hydrogens (tertiary/aromatic N) is 5. The fourth-order valence-electron chi connectivity index (χ4n) is 1.94. The molecule has 0 aliphatic heterocycles. The minimum atomic E-state index is -0.521. The number of anilines is 2. The molecular formula is C14H15FN6. The SMILES string of the molecule is CCN(CC)c1nc(N)nc(-c2cc(F)cc(C#N)c2)n1. The second kappa shape index (κ2) is 6.13. The van der Waals surface area contributed by atoms with Crippen LogP contribution in [0.5, 0.6) is 0 Å². The molecule has 0 atom stereocenters. The monoisotopic (exact) mass is 286 g/mol. The molecule has 0 saturated carbocycles. The summed E-state index contributed by atoms with van der Waals surface area (Å²) >= 11 is 0. The van der Waals surface area contributed by atoms with Gasteiger partial charge in [-0.25, -0.2) is 4.39 Å². The molecule has 2 rings (SSSR count). The predicted molar refractivity (Wildman–Crippen MR) is 77.9 cm³/mol. The van der Waals surface area contributed by atoms with Gasteiger partial charge in [-0.3, -0.25) is 0 Å². The summed E-state index contributed by atoms with van der Waals surface area (Å²) in [6, 6.07) is 5.83. The number of nitrogens with two attached hydrogens (primary N) is 1. The van der Waals surface area contributed by atoms with Gasteiger partial charge in [0.15, 0.2) is 5.82 Å². The number of rotatable bonds is 4. The van der Waals surface area contributed by atoms with E-state index in [2.05, 4.69) is 15.0 Å². The maximum absolute atomic E-state index is 13.5. The molecule has 0 spiro atoms. The van der Waals surface area contributed by atoms with Crippen LogP contribution in [0.4, 0.5) is 16.3 Å². The molecule has 0 fully saturated rings. The maximum Gasteiger partial charge on any atom is 0.230 e. The number of aromatic nitrogens is 3. The van der Waals surface area contributed by atoms with E-state index < -0.39 is 5.82 Å². The summed E-state index contributed by atoms with van der Waals surface area (Å²) in [7, 11) is 0. The molecule has 0 saturated heterocycles. The van der Waals surface area contributed by atoms with Gasteiger partial charge in [0, 0.05) is 18.7 Å². The standard InChI is InChI=1S/C14H15FN6/c1-3-21(4-2)14-19-12(18-13(17)20-14)10-5-9(8-16)6-11(15)7-10/h5-7H,3-4H2,1-2H3,(H2,17,18,19,20). The van der Waals surface area contributed by atoms with Crippen LogP contribution in [0.1, 0.15) is 19.4 Å². The molecule has 0 bridgehead atoms. The van der Waals surface area contributed by atoms with Crippen LogP contribution >= 0.6 is 0 Å². The second-order valence-corrected chi connectivity index (χ2v) is 4.33. The van der Waals surface area contributed by atoms with Crippen molar-refractivity contribution in [2.75, 3.05) is 23.7 Å². The molecule has 1 aromatic carbocycles. The van der Waals surface area contributed by atoms with Gasteiger partial charge in [-0.1, -0.05) is 0 Å². The van der Waals surface area contributed by atoms with Crippen LogP contribution in [0.3, 0.4) is 0 Å². The Labute approximate surface area is 122 Å². The summed E-state index contributed by atoms with van der Waals surface area (Å²) in [6.07, 6.45) is 0. The third-order valence-electron chi connectivity index (χ3n) is 2.97. The van der Waals surface area contributed by atoms with Crippen molar-refractivity contribution in [1.82, 2.24) is 15.0 Å². The highest BCUT2D eigenvalue weighted by atomic mass is 19.1. The lowest BCUT2D eigenvalue weighted by Gasteiger charge is -2.18. The number of nitriles is 1. The zero-order valence-electron chi connectivity index (χ0n) is 11.8. The lowest BCUT2D eigenvalue weighted by atomic mass is 10.1. The Bertz CT molecular complexity index is 690. The largest absolute Gasteiger partial charge is 0.368 e. The molecule has 0 aliphatic rings. The van der Waals surface area contributed by atoms with Crippen molar-refractivity contribution in [2.45, 2.75) is 13.8 Å². The van der Waals surface area contributed by atoms with Crippen molar-refractivity contribution in [3.63, 3.8) is 0 Å². The first-order valence-electron chi connectivity index (χ1n) is 6.55. The van der Waals surface area contributed by atoms with Crippen molar-refractivity contribution in [2.24, 2.45) is 0 Å². The van der Waals surface area contributed by atoms with Crippen molar-refractivity contribution in [3.8, 4) is 17.5 Å². The van der Waals surface area contributed by atoms with E-state index in [9.17, 15) is 4.39 Å². The van der Waals surface area contributed by atoms with E-state index in [1.165, 1.54) is 12.1 Å². The minimum Gasteiger partial charge on any atom is -0.368 e. The lowest BCUT2D eigenvalue weighted by Crippen LogP contribution is -2.25. The molecule has 2 aromatic rings. The summed E-state index contributed by atoms with van der Waals surface area (Å²) in [6.45, 7) is 5.37. The van der Waals surface area contributed by atoms with E-state index in [4.69, 9.17) is 11.0 Å². The van der Waals surface area contributed by atoms with Crippen LogP contribution < -0.4 is 10.6 Å². The third kappa shape index (κ3) is 3.23. The van der Waals surface area contributed by atoms with Crippen LogP contribution in [0.25, 0.3) is 11.4 Å². The summed E-state index contributed by atoms with van der Waals surface area (Å²) in [4.78, 5) is 14.3. The van der Waals surface area contributed by atoms with E-state index in [-0.39, 0.29) is 17.3 Å².